The van der Waals surface area contributed by atoms with E-state index in [2.05, 4.69) is 15.6 Å². The smallest absolute Gasteiger partial charge is 0.237 e. The Morgan fingerprint density at radius 3 is 2.83 bits per heavy atom. The molecule has 1 saturated heterocycles. The maximum Gasteiger partial charge on any atom is 0.237 e. The van der Waals surface area contributed by atoms with Gasteiger partial charge in [0.15, 0.2) is 0 Å². The summed E-state index contributed by atoms with van der Waals surface area (Å²) in [5.74, 6) is 0.138. The molecule has 1 aromatic rings. The molecule has 0 aromatic carbocycles. The summed E-state index contributed by atoms with van der Waals surface area (Å²) >= 11 is 0. The molecule has 5 heteroatoms. The third-order valence-corrected chi connectivity index (χ3v) is 3.09. The van der Waals surface area contributed by atoms with E-state index in [1.54, 1.807) is 12.4 Å². The first-order chi connectivity index (χ1) is 8.36. The van der Waals surface area contributed by atoms with Crippen LogP contribution in [-0.4, -0.2) is 30.0 Å². The summed E-state index contributed by atoms with van der Waals surface area (Å²) in [4.78, 5) is 15.8. The van der Waals surface area contributed by atoms with Crippen molar-refractivity contribution in [2.75, 3.05) is 13.1 Å². The molecule has 0 unspecified atom stereocenters. The van der Waals surface area contributed by atoms with Gasteiger partial charge in [-0.05, 0) is 43.5 Å². The summed E-state index contributed by atoms with van der Waals surface area (Å²) < 4.78 is 0. The molecule has 2 heterocycles. The van der Waals surface area contributed by atoms with Crippen LogP contribution in [0.5, 0.6) is 0 Å². The SMILES string of the molecule is Cl.O=C(NCCc1ccncc1)[C@@H]1CCCCN1. The molecule has 1 amide bonds. The van der Waals surface area contributed by atoms with Gasteiger partial charge in [0, 0.05) is 18.9 Å². The standard InChI is InChI=1S/C13H19N3O.ClH/c17-13(12-3-1-2-7-15-12)16-10-6-11-4-8-14-9-5-11;/h4-5,8-9,12,15H,1-3,6-7,10H2,(H,16,17);1H/t12-;/m0./s1. The molecule has 100 valence electrons. The second-order valence-corrected chi connectivity index (χ2v) is 4.40. The van der Waals surface area contributed by atoms with E-state index < -0.39 is 0 Å². The van der Waals surface area contributed by atoms with Gasteiger partial charge in [0.2, 0.25) is 5.91 Å². The van der Waals surface area contributed by atoms with Crippen LogP contribution in [0.4, 0.5) is 0 Å². The number of hydrogen-bond acceptors (Lipinski definition) is 3. The second kappa shape index (κ2) is 8.06. The maximum absolute atomic E-state index is 11.8. The lowest BCUT2D eigenvalue weighted by atomic mass is 10.0. The lowest BCUT2D eigenvalue weighted by molar-refractivity contribution is -0.123. The van der Waals surface area contributed by atoms with Crippen LogP contribution >= 0.6 is 12.4 Å². The van der Waals surface area contributed by atoms with Gasteiger partial charge in [-0.3, -0.25) is 9.78 Å². The Morgan fingerprint density at radius 1 is 1.39 bits per heavy atom. The number of hydrogen-bond donors (Lipinski definition) is 2. The van der Waals surface area contributed by atoms with E-state index in [-0.39, 0.29) is 24.4 Å². The average Bonchev–Trinajstić information content (AvgIpc) is 2.41. The number of carbonyl (C=O) groups is 1. The molecule has 1 aliphatic rings. The van der Waals surface area contributed by atoms with E-state index in [1.807, 2.05) is 12.1 Å². The Morgan fingerprint density at radius 2 is 2.17 bits per heavy atom. The highest BCUT2D eigenvalue weighted by molar-refractivity contribution is 5.85. The van der Waals surface area contributed by atoms with Crippen LogP contribution in [-0.2, 0) is 11.2 Å². The zero-order chi connectivity index (χ0) is 11.9. The predicted octanol–water partition coefficient (Wildman–Crippen LogP) is 1.30. The Labute approximate surface area is 114 Å². The van der Waals surface area contributed by atoms with Crippen LogP contribution < -0.4 is 10.6 Å². The van der Waals surface area contributed by atoms with E-state index in [0.717, 1.165) is 25.8 Å². The van der Waals surface area contributed by atoms with Gasteiger partial charge in [-0.1, -0.05) is 6.42 Å². The lowest BCUT2D eigenvalue weighted by Gasteiger charge is -2.22. The molecule has 2 rings (SSSR count). The normalized spacial score (nSPS) is 18.8. The van der Waals surface area contributed by atoms with Crippen molar-refractivity contribution in [3.05, 3.63) is 30.1 Å². The zero-order valence-corrected chi connectivity index (χ0v) is 11.2. The molecule has 18 heavy (non-hydrogen) atoms. The topological polar surface area (TPSA) is 54.0 Å². The number of amides is 1. The molecule has 1 atom stereocenters. The van der Waals surface area contributed by atoms with Crippen molar-refractivity contribution < 1.29 is 4.79 Å². The molecular weight excluding hydrogens is 250 g/mol. The van der Waals surface area contributed by atoms with Crippen LogP contribution in [0.1, 0.15) is 24.8 Å². The van der Waals surface area contributed by atoms with Crippen molar-refractivity contribution in [3.8, 4) is 0 Å². The minimum Gasteiger partial charge on any atom is -0.354 e. The molecule has 0 bridgehead atoms. The molecule has 1 aliphatic heterocycles. The van der Waals surface area contributed by atoms with Gasteiger partial charge in [-0.25, -0.2) is 0 Å². The quantitative estimate of drug-likeness (QED) is 0.866. The summed E-state index contributed by atoms with van der Waals surface area (Å²) in [7, 11) is 0. The molecule has 2 N–H and O–H groups in total. The number of carbonyl (C=O) groups excluding carboxylic acids is 1. The predicted molar refractivity (Wildman–Crippen MR) is 73.8 cm³/mol. The average molecular weight is 270 g/mol. The van der Waals surface area contributed by atoms with Gasteiger partial charge in [0.1, 0.15) is 0 Å². The van der Waals surface area contributed by atoms with E-state index in [0.29, 0.717) is 6.54 Å². The van der Waals surface area contributed by atoms with Gasteiger partial charge >= 0.3 is 0 Å². The minimum atomic E-state index is 0. The number of piperidine rings is 1. The number of nitrogens with one attached hydrogen (secondary N) is 2. The first-order valence-corrected chi connectivity index (χ1v) is 6.26. The minimum absolute atomic E-state index is 0. The number of nitrogens with zero attached hydrogens (tertiary/aromatic N) is 1. The van der Waals surface area contributed by atoms with Crippen molar-refractivity contribution in [1.29, 1.82) is 0 Å². The third-order valence-electron chi connectivity index (χ3n) is 3.09. The van der Waals surface area contributed by atoms with Crippen molar-refractivity contribution in [3.63, 3.8) is 0 Å². The van der Waals surface area contributed by atoms with Crippen LogP contribution in [0, 0.1) is 0 Å². The van der Waals surface area contributed by atoms with Gasteiger partial charge in [0.25, 0.3) is 0 Å². The molecule has 0 aliphatic carbocycles. The van der Waals surface area contributed by atoms with Crippen molar-refractivity contribution >= 4 is 18.3 Å². The summed E-state index contributed by atoms with van der Waals surface area (Å²) in [5, 5.41) is 6.22. The van der Waals surface area contributed by atoms with Crippen LogP contribution in [0.15, 0.2) is 24.5 Å². The van der Waals surface area contributed by atoms with E-state index in [1.165, 1.54) is 12.0 Å². The Balaban J connectivity index is 0.00000162. The second-order valence-electron chi connectivity index (χ2n) is 4.40. The Bertz CT molecular complexity index is 353. The highest BCUT2D eigenvalue weighted by Crippen LogP contribution is 2.06. The lowest BCUT2D eigenvalue weighted by Crippen LogP contribution is -2.47. The van der Waals surface area contributed by atoms with E-state index >= 15 is 0 Å². The number of halogens is 1. The van der Waals surface area contributed by atoms with Gasteiger partial charge in [0.05, 0.1) is 6.04 Å². The summed E-state index contributed by atoms with van der Waals surface area (Å²) in [6, 6.07) is 3.97. The summed E-state index contributed by atoms with van der Waals surface area (Å²) in [5.41, 5.74) is 1.21. The van der Waals surface area contributed by atoms with Crippen LogP contribution in [0.3, 0.4) is 0 Å². The fourth-order valence-electron chi connectivity index (χ4n) is 2.08. The molecular formula is C13H20ClN3O. The van der Waals surface area contributed by atoms with Gasteiger partial charge < -0.3 is 10.6 Å². The summed E-state index contributed by atoms with van der Waals surface area (Å²) in [6.07, 6.45) is 7.71. The van der Waals surface area contributed by atoms with Crippen molar-refractivity contribution in [1.82, 2.24) is 15.6 Å². The van der Waals surface area contributed by atoms with E-state index in [9.17, 15) is 4.79 Å². The number of aromatic nitrogens is 1. The first kappa shape index (κ1) is 14.9. The van der Waals surface area contributed by atoms with Gasteiger partial charge in [-0.2, -0.15) is 0 Å². The highest BCUT2D eigenvalue weighted by Gasteiger charge is 2.19. The molecule has 1 aromatic heterocycles. The van der Waals surface area contributed by atoms with Crippen molar-refractivity contribution in [2.24, 2.45) is 0 Å². The van der Waals surface area contributed by atoms with Crippen LogP contribution in [0.2, 0.25) is 0 Å². The third kappa shape index (κ3) is 4.63. The molecule has 4 nitrogen and oxygen atoms in total. The fraction of sp³-hybridized carbons (Fsp3) is 0.538. The summed E-state index contributed by atoms with van der Waals surface area (Å²) in [6.45, 7) is 1.66. The van der Waals surface area contributed by atoms with Crippen molar-refractivity contribution in [2.45, 2.75) is 31.7 Å². The number of pyridine rings is 1. The fourth-order valence-corrected chi connectivity index (χ4v) is 2.08. The molecule has 0 saturated carbocycles. The zero-order valence-electron chi connectivity index (χ0n) is 10.4. The van der Waals surface area contributed by atoms with Crippen LogP contribution in [0.25, 0.3) is 0 Å². The first-order valence-electron chi connectivity index (χ1n) is 6.26. The Hall–Kier alpha value is -1.13. The van der Waals surface area contributed by atoms with Gasteiger partial charge in [-0.15, -0.1) is 12.4 Å². The highest BCUT2D eigenvalue weighted by atomic mass is 35.5. The molecule has 0 spiro atoms. The van der Waals surface area contributed by atoms with E-state index in [4.69, 9.17) is 0 Å². The Kier molecular flexibility index (Phi) is 6.68. The molecule has 0 radical (unpaired) electrons. The largest absolute Gasteiger partial charge is 0.354 e. The number of rotatable bonds is 4. The maximum atomic E-state index is 11.8. The monoisotopic (exact) mass is 269 g/mol. The molecule has 1 fully saturated rings.